The number of aliphatic imine (C=N–C) groups is 1. The third kappa shape index (κ3) is 8.12. The van der Waals surface area contributed by atoms with Crippen molar-refractivity contribution in [3.63, 3.8) is 0 Å². The van der Waals surface area contributed by atoms with E-state index >= 15 is 0 Å². The molecule has 0 spiro atoms. The van der Waals surface area contributed by atoms with Crippen LogP contribution in [0.3, 0.4) is 0 Å². The molecule has 2 rings (SSSR count). The van der Waals surface area contributed by atoms with Crippen molar-refractivity contribution in [2.75, 3.05) is 39.9 Å². The number of likely N-dealkylation sites (tertiary alicyclic amines) is 1. The minimum Gasteiger partial charge on any atom is -0.383 e. The quantitative estimate of drug-likeness (QED) is 0.317. The first-order chi connectivity index (χ1) is 12.9. The second-order valence-electron chi connectivity index (χ2n) is 6.60. The molecule has 1 saturated heterocycles. The smallest absolute Gasteiger partial charge is 0.383 e. The van der Waals surface area contributed by atoms with Crippen LogP contribution in [0.5, 0.6) is 0 Å². The molecule has 1 fully saturated rings. The number of hydrogen-bond acceptors (Lipinski definition) is 3. The molecular formula is C19H30F3IN4O. The molecule has 1 aliphatic rings. The summed E-state index contributed by atoms with van der Waals surface area (Å²) in [5.74, 6) is 0.619. The minimum atomic E-state index is -4.34. The third-order valence-corrected chi connectivity index (χ3v) is 4.61. The summed E-state index contributed by atoms with van der Waals surface area (Å²) in [6, 6.07) is 5.71. The lowest BCUT2D eigenvalue weighted by Gasteiger charge is -2.25. The minimum absolute atomic E-state index is 0. The predicted molar refractivity (Wildman–Crippen MR) is 116 cm³/mol. The normalized spacial score (nSPS) is 18.0. The zero-order valence-electron chi connectivity index (χ0n) is 16.4. The van der Waals surface area contributed by atoms with Crippen molar-refractivity contribution < 1.29 is 17.9 Å². The average molecular weight is 514 g/mol. The number of ether oxygens (including phenoxy) is 1. The molecule has 9 heteroatoms. The number of nitrogens with one attached hydrogen (secondary N) is 2. The molecule has 5 nitrogen and oxygen atoms in total. The molecule has 0 aliphatic carbocycles. The standard InChI is InChI=1S/C19H29F3N4O.HI/c1-3-23-18(25-14-17-8-5-9-26(17)10-11-27-2)24-13-15-6-4-7-16(12-15)19(20,21)22;/h4,6-7,12,17H,3,5,8-11,13-14H2,1-2H3,(H2,23,24,25);1H. The maximum absolute atomic E-state index is 12.8. The van der Waals surface area contributed by atoms with E-state index < -0.39 is 11.7 Å². The Hall–Kier alpha value is -1.07. The fraction of sp³-hybridized carbons (Fsp3) is 0.632. The van der Waals surface area contributed by atoms with Crippen molar-refractivity contribution in [2.24, 2.45) is 4.99 Å². The number of benzene rings is 1. The van der Waals surface area contributed by atoms with Crippen molar-refractivity contribution in [1.29, 1.82) is 0 Å². The highest BCUT2D eigenvalue weighted by Gasteiger charge is 2.30. The maximum Gasteiger partial charge on any atom is 0.416 e. The van der Waals surface area contributed by atoms with Gasteiger partial charge in [0.1, 0.15) is 0 Å². The van der Waals surface area contributed by atoms with Gasteiger partial charge in [-0.1, -0.05) is 12.1 Å². The zero-order chi connectivity index (χ0) is 19.7. The third-order valence-electron chi connectivity index (χ3n) is 4.61. The molecule has 0 saturated carbocycles. The largest absolute Gasteiger partial charge is 0.416 e. The Balaban J connectivity index is 0.00000392. The fourth-order valence-electron chi connectivity index (χ4n) is 3.20. The van der Waals surface area contributed by atoms with Crippen molar-refractivity contribution in [3.8, 4) is 0 Å². The van der Waals surface area contributed by atoms with Gasteiger partial charge in [-0.15, -0.1) is 24.0 Å². The SMILES string of the molecule is CCNC(=NCc1cccc(C(F)(F)F)c1)NCC1CCCN1CCOC.I. The molecule has 2 N–H and O–H groups in total. The monoisotopic (exact) mass is 514 g/mol. The first kappa shape index (κ1) is 25.0. The van der Waals surface area contributed by atoms with E-state index in [4.69, 9.17) is 4.74 Å². The van der Waals surface area contributed by atoms with Gasteiger partial charge in [0.15, 0.2) is 5.96 Å². The number of halogens is 4. The van der Waals surface area contributed by atoms with Crippen molar-refractivity contribution in [1.82, 2.24) is 15.5 Å². The molecule has 1 unspecified atom stereocenters. The topological polar surface area (TPSA) is 48.9 Å². The maximum atomic E-state index is 12.8. The number of alkyl halides is 3. The number of guanidine groups is 1. The van der Waals surface area contributed by atoms with Crippen LogP contribution < -0.4 is 10.6 Å². The van der Waals surface area contributed by atoms with Gasteiger partial charge in [0, 0.05) is 32.8 Å². The van der Waals surface area contributed by atoms with Gasteiger partial charge < -0.3 is 15.4 Å². The van der Waals surface area contributed by atoms with Gasteiger partial charge in [-0.3, -0.25) is 4.90 Å². The summed E-state index contributed by atoms with van der Waals surface area (Å²) in [6.07, 6.45) is -2.06. The van der Waals surface area contributed by atoms with E-state index in [1.54, 1.807) is 13.2 Å². The molecule has 1 aromatic carbocycles. The first-order valence-corrected chi connectivity index (χ1v) is 9.35. The summed E-state index contributed by atoms with van der Waals surface area (Å²) in [5.41, 5.74) is -0.113. The molecule has 1 aromatic rings. The van der Waals surface area contributed by atoms with Crippen LogP contribution in [0.2, 0.25) is 0 Å². The Bertz CT molecular complexity index is 613. The van der Waals surface area contributed by atoms with Gasteiger partial charge in [0.05, 0.1) is 18.7 Å². The van der Waals surface area contributed by atoms with Crippen LogP contribution in [-0.2, 0) is 17.5 Å². The van der Waals surface area contributed by atoms with Crippen molar-refractivity contribution in [3.05, 3.63) is 35.4 Å². The van der Waals surface area contributed by atoms with Crippen LogP contribution in [0, 0.1) is 0 Å². The number of methoxy groups -OCH3 is 1. The van der Waals surface area contributed by atoms with Crippen LogP contribution in [0.25, 0.3) is 0 Å². The van der Waals surface area contributed by atoms with Crippen LogP contribution in [-0.4, -0.2) is 56.8 Å². The van der Waals surface area contributed by atoms with E-state index in [0.29, 0.717) is 30.7 Å². The van der Waals surface area contributed by atoms with E-state index in [9.17, 15) is 13.2 Å². The molecule has 0 aromatic heterocycles. The van der Waals surface area contributed by atoms with E-state index in [1.165, 1.54) is 6.07 Å². The second kappa shape index (κ2) is 12.5. The van der Waals surface area contributed by atoms with Gasteiger partial charge in [-0.25, -0.2) is 4.99 Å². The summed E-state index contributed by atoms with van der Waals surface area (Å²) in [6.45, 7) is 6.26. The molecule has 1 heterocycles. The van der Waals surface area contributed by atoms with Gasteiger partial charge >= 0.3 is 6.18 Å². The van der Waals surface area contributed by atoms with Gasteiger partial charge in [-0.2, -0.15) is 13.2 Å². The van der Waals surface area contributed by atoms with Crippen LogP contribution in [0.15, 0.2) is 29.3 Å². The highest BCUT2D eigenvalue weighted by Crippen LogP contribution is 2.29. The summed E-state index contributed by atoms with van der Waals surface area (Å²) >= 11 is 0. The van der Waals surface area contributed by atoms with Gasteiger partial charge in [0.2, 0.25) is 0 Å². The molecular weight excluding hydrogens is 484 g/mol. The van der Waals surface area contributed by atoms with Crippen molar-refractivity contribution in [2.45, 2.75) is 38.5 Å². The summed E-state index contributed by atoms with van der Waals surface area (Å²) in [5, 5.41) is 6.47. The fourth-order valence-corrected chi connectivity index (χ4v) is 3.20. The van der Waals surface area contributed by atoms with Gasteiger partial charge in [-0.05, 0) is 44.0 Å². The number of nitrogens with zero attached hydrogens (tertiary/aromatic N) is 2. The summed E-state index contributed by atoms with van der Waals surface area (Å²) in [7, 11) is 1.70. The van der Waals surface area contributed by atoms with Gasteiger partial charge in [0.25, 0.3) is 0 Å². The number of rotatable bonds is 8. The average Bonchev–Trinajstić information content (AvgIpc) is 3.09. The molecule has 1 atom stereocenters. The predicted octanol–water partition coefficient (Wildman–Crippen LogP) is 3.49. The highest BCUT2D eigenvalue weighted by molar-refractivity contribution is 14.0. The second-order valence-corrected chi connectivity index (χ2v) is 6.60. The lowest BCUT2D eigenvalue weighted by Crippen LogP contribution is -2.45. The van der Waals surface area contributed by atoms with Crippen LogP contribution in [0.4, 0.5) is 13.2 Å². The van der Waals surface area contributed by atoms with E-state index in [2.05, 4.69) is 20.5 Å². The Kier molecular flexibility index (Phi) is 11.1. The van der Waals surface area contributed by atoms with E-state index in [0.717, 1.165) is 44.6 Å². The van der Waals surface area contributed by atoms with E-state index in [-0.39, 0.29) is 30.5 Å². The Morgan fingerprint density at radius 3 is 2.79 bits per heavy atom. The Labute approximate surface area is 182 Å². The molecule has 28 heavy (non-hydrogen) atoms. The van der Waals surface area contributed by atoms with Crippen LogP contribution >= 0.6 is 24.0 Å². The zero-order valence-corrected chi connectivity index (χ0v) is 18.7. The lowest BCUT2D eigenvalue weighted by molar-refractivity contribution is -0.137. The summed E-state index contributed by atoms with van der Waals surface area (Å²) in [4.78, 5) is 6.83. The molecule has 0 radical (unpaired) electrons. The Morgan fingerprint density at radius 2 is 2.11 bits per heavy atom. The Morgan fingerprint density at radius 1 is 1.32 bits per heavy atom. The first-order valence-electron chi connectivity index (χ1n) is 9.35. The molecule has 0 bridgehead atoms. The molecule has 160 valence electrons. The van der Waals surface area contributed by atoms with Crippen molar-refractivity contribution >= 4 is 29.9 Å². The molecule has 1 aliphatic heterocycles. The molecule has 0 amide bonds. The highest BCUT2D eigenvalue weighted by atomic mass is 127. The van der Waals surface area contributed by atoms with Crippen LogP contribution in [0.1, 0.15) is 30.9 Å². The summed E-state index contributed by atoms with van der Waals surface area (Å²) < 4.78 is 43.7. The lowest BCUT2D eigenvalue weighted by atomic mass is 10.1. The number of hydrogen-bond donors (Lipinski definition) is 2. The van der Waals surface area contributed by atoms with E-state index in [1.807, 2.05) is 6.92 Å².